The van der Waals surface area contributed by atoms with Gasteiger partial charge in [0.15, 0.2) is 0 Å². The van der Waals surface area contributed by atoms with E-state index in [1.807, 2.05) is 29.0 Å². The lowest BCUT2D eigenvalue weighted by molar-refractivity contribution is 0.100. The number of hydrogen-bond acceptors (Lipinski definition) is 5. The number of rotatable bonds is 4. The van der Waals surface area contributed by atoms with Crippen LogP contribution in [-0.4, -0.2) is 26.1 Å². The number of benzene rings is 1. The van der Waals surface area contributed by atoms with Gasteiger partial charge in [-0.2, -0.15) is 16.1 Å². The standard InChI is InChI=1S/C13H11N5OS/c14-12(19)10-3-1-9(2-4-10)7-18-16-13(15-17-18)11-5-6-20-8-11/h1-6,8H,7H2,(H2,14,19). The van der Waals surface area contributed by atoms with E-state index in [1.54, 1.807) is 23.5 Å². The van der Waals surface area contributed by atoms with Crippen molar-refractivity contribution in [2.45, 2.75) is 6.54 Å². The van der Waals surface area contributed by atoms with Crippen molar-refractivity contribution in [2.24, 2.45) is 5.73 Å². The van der Waals surface area contributed by atoms with Crippen LogP contribution < -0.4 is 5.73 Å². The molecule has 2 heterocycles. The quantitative estimate of drug-likeness (QED) is 0.788. The Hall–Kier alpha value is -2.54. The number of primary amides is 1. The predicted octanol–water partition coefficient (Wildman–Crippen LogP) is 1.55. The van der Waals surface area contributed by atoms with Crippen LogP contribution >= 0.6 is 11.3 Å². The van der Waals surface area contributed by atoms with Crippen LogP contribution in [0.5, 0.6) is 0 Å². The molecular weight excluding hydrogens is 274 g/mol. The van der Waals surface area contributed by atoms with Crippen LogP contribution in [0.25, 0.3) is 11.4 Å². The summed E-state index contributed by atoms with van der Waals surface area (Å²) in [5, 5.41) is 16.3. The molecule has 3 aromatic rings. The van der Waals surface area contributed by atoms with E-state index in [4.69, 9.17) is 5.73 Å². The first-order valence-electron chi connectivity index (χ1n) is 5.91. The van der Waals surface area contributed by atoms with E-state index in [9.17, 15) is 4.79 Å². The van der Waals surface area contributed by atoms with Gasteiger partial charge in [-0.3, -0.25) is 4.79 Å². The molecule has 0 saturated carbocycles. The van der Waals surface area contributed by atoms with Crippen LogP contribution in [-0.2, 0) is 6.54 Å². The summed E-state index contributed by atoms with van der Waals surface area (Å²) < 4.78 is 0. The lowest BCUT2D eigenvalue weighted by Crippen LogP contribution is -2.11. The van der Waals surface area contributed by atoms with Gasteiger partial charge in [-0.1, -0.05) is 12.1 Å². The molecule has 0 atom stereocenters. The number of aromatic nitrogens is 4. The number of thiophene rings is 1. The van der Waals surface area contributed by atoms with Gasteiger partial charge in [0.2, 0.25) is 11.7 Å². The van der Waals surface area contributed by atoms with Crippen molar-refractivity contribution in [1.82, 2.24) is 20.2 Å². The van der Waals surface area contributed by atoms with Crippen LogP contribution in [0.4, 0.5) is 0 Å². The highest BCUT2D eigenvalue weighted by molar-refractivity contribution is 7.08. The number of hydrogen-bond donors (Lipinski definition) is 1. The fraction of sp³-hybridized carbons (Fsp3) is 0.0769. The number of amides is 1. The summed E-state index contributed by atoms with van der Waals surface area (Å²) in [5.41, 5.74) is 7.62. The van der Waals surface area contributed by atoms with Crippen LogP contribution in [0.3, 0.4) is 0 Å². The molecule has 2 aromatic heterocycles. The Balaban J connectivity index is 1.76. The summed E-state index contributed by atoms with van der Waals surface area (Å²) in [7, 11) is 0. The molecule has 0 radical (unpaired) electrons. The summed E-state index contributed by atoms with van der Waals surface area (Å²) in [6, 6.07) is 8.98. The fourth-order valence-corrected chi connectivity index (χ4v) is 2.39. The third-order valence-corrected chi connectivity index (χ3v) is 3.48. The molecule has 0 unspecified atom stereocenters. The Kier molecular flexibility index (Phi) is 3.26. The molecule has 1 aromatic carbocycles. The molecule has 0 aliphatic heterocycles. The van der Waals surface area contributed by atoms with E-state index in [2.05, 4.69) is 15.4 Å². The molecule has 100 valence electrons. The number of carbonyl (C=O) groups is 1. The lowest BCUT2D eigenvalue weighted by atomic mass is 10.1. The molecule has 0 bridgehead atoms. The second-order valence-electron chi connectivity index (χ2n) is 4.22. The highest BCUT2D eigenvalue weighted by Crippen LogP contribution is 2.16. The zero-order valence-electron chi connectivity index (χ0n) is 10.4. The first kappa shape index (κ1) is 12.5. The van der Waals surface area contributed by atoms with E-state index in [0.29, 0.717) is 17.9 Å². The van der Waals surface area contributed by atoms with Gasteiger partial charge >= 0.3 is 0 Å². The molecule has 0 spiro atoms. The minimum absolute atomic E-state index is 0.435. The van der Waals surface area contributed by atoms with Gasteiger partial charge in [-0.15, -0.1) is 10.2 Å². The Morgan fingerprint density at radius 1 is 1.25 bits per heavy atom. The fourth-order valence-electron chi connectivity index (χ4n) is 1.76. The molecule has 0 saturated heterocycles. The highest BCUT2D eigenvalue weighted by atomic mass is 32.1. The summed E-state index contributed by atoms with van der Waals surface area (Å²) in [6.45, 7) is 0.496. The Morgan fingerprint density at radius 3 is 2.70 bits per heavy atom. The highest BCUT2D eigenvalue weighted by Gasteiger charge is 2.07. The average Bonchev–Trinajstić information content (AvgIpc) is 3.09. The predicted molar refractivity (Wildman–Crippen MR) is 75.2 cm³/mol. The van der Waals surface area contributed by atoms with Crippen molar-refractivity contribution >= 4 is 17.2 Å². The van der Waals surface area contributed by atoms with Crippen LogP contribution in [0, 0.1) is 0 Å². The van der Waals surface area contributed by atoms with Crippen molar-refractivity contribution in [2.75, 3.05) is 0 Å². The van der Waals surface area contributed by atoms with Gasteiger partial charge in [0, 0.05) is 16.5 Å². The number of carbonyl (C=O) groups excluding carboxylic acids is 1. The monoisotopic (exact) mass is 285 g/mol. The van der Waals surface area contributed by atoms with E-state index < -0.39 is 5.91 Å². The largest absolute Gasteiger partial charge is 0.366 e. The minimum Gasteiger partial charge on any atom is -0.366 e. The second-order valence-corrected chi connectivity index (χ2v) is 5.00. The molecule has 7 heteroatoms. The van der Waals surface area contributed by atoms with Gasteiger partial charge in [-0.05, 0) is 34.4 Å². The summed E-state index contributed by atoms with van der Waals surface area (Å²) in [5.74, 6) is 0.176. The molecule has 2 N–H and O–H groups in total. The van der Waals surface area contributed by atoms with Gasteiger partial charge in [0.05, 0.1) is 6.54 Å². The SMILES string of the molecule is NC(=O)c1ccc(Cn2nnc(-c3ccsc3)n2)cc1. The van der Waals surface area contributed by atoms with E-state index >= 15 is 0 Å². The zero-order chi connectivity index (χ0) is 13.9. The van der Waals surface area contributed by atoms with Crippen molar-refractivity contribution in [3.63, 3.8) is 0 Å². The maximum Gasteiger partial charge on any atom is 0.248 e. The second kappa shape index (κ2) is 5.22. The maximum atomic E-state index is 11.0. The topological polar surface area (TPSA) is 86.7 Å². The van der Waals surface area contributed by atoms with Gasteiger partial charge < -0.3 is 5.73 Å². The van der Waals surface area contributed by atoms with Crippen LogP contribution in [0.15, 0.2) is 41.1 Å². The Bertz CT molecular complexity index is 718. The molecule has 1 amide bonds. The third-order valence-electron chi connectivity index (χ3n) is 2.79. The minimum atomic E-state index is -0.435. The van der Waals surface area contributed by atoms with Gasteiger partial charge in [0.1, 0.15) is 0 Å². The number of tetrazole rings is 1. The maximum absolute atomic E-state index is 11.0. The van der Waals surface area contributed by atoms with Crippen molar-refractivity contribution < 1.29 is 4.79 Å². The normalized spacial score (nSPS) is 10.6. The molecule has 3 rings (SSSR count). The molecule has 0 aliphatic carbocycles. The molecular formula is C13H11N5OS. The molecule has 20 heavy (non-hydrogen) atoms. The van der Waals surface area contributed by atoms with E-state index in [1.165, 1.54) is 4.80 Å². The zero-order valence-corrected chi connectivity index (χ0v) is 11.2. The Morgan fingerprint density at radius 2 is 2.05 bits per heavy atom. The lowest BCUT2D eigenvalue weighted by Gasteiger charge is -2.00. The van der Waals surface area contributed by atoms with E-state index in [0.717, 1.165) is 11.1 Å². The van der Waals surface area contributed by atoms with Crippen molar-refractivity contribution in [3.05, 3.63) is 52.2 Å². The average molecular weight is 285 g/mol. The summed E-state index contributed by atoms with van der Waals surface area (Å²) in [4.78, 5) is 12.5. The van der Waals surface area contributed by atoms with Gasteiger partial charge in [-0.25, -0.2) is 0 Å². The number of nitrogens with zero attached hydrogens (tertiary/aromatic N) is 4. The smallest absolute Gasteiger partial charge is 0.248 e. The van der Waals surface area contributed by atoms with Crippen LogP contribution in [0.1, 0.15) is 15.9 Å². The van der Waals surface area contributed by atoms with Crippen molar-refractivity contribution in [1.29, 1.82) is 0 Å². The number of nitrogens with two attached hydrogens (primary N) is 1. The first-order valence-corrected chi connectivity index (χ1v) is 6.86. The summed E-state index contributed by atoms with van der Waals surface area (Å²) in [6.07, 6.45) is 0. The van der Waals surface area contributed by atoms with Crippen molar-refractivity contribution in [3.8, 4) is 11.4 Å². The van der Waals surface area contributed by atoms with E-state index in [-0.39, 0.29) is 0 Å². The van der Waals surface area contributed by atoms with Crippen LogP contribution in [0.2, 0.25) is 0 Å². The molecule has 0 aliphatic rings. The Labute approximate surface area is 118 Å². The first-order chi connectivity index (χ1) is 9.72. The molecule has 0 fully saturated rings. The van der Waals surface area contributed by atoms with Gasteiger partial charge in [0.25, 0.3) is 0 Å². The summed E-state index contributed by atoms with van der Waals surface area (Å²) >= 11 is 1.59. The third kappa shape index (κ3) is 2.57. The molecule has 6 nitrogen and oxygen atoms in total.